The molecular formula is C18H18N4O2. The molecule has 2 atom stereocenters. The number of hydrazine groups is 1. The number of furan rings is 1. The molecule has 1 saturated heterocycles. The summed E-state index contributed by atoms with van der Waals surface area (Å²) in [5.74, 6) is 0.156. The highest BCUT2D eigenvalue weighted by atomic mass is 16.3. The van der Waals surface area contributed by atoms with Crippen LogP contribution in [0.15, 0.2) is 53.2 Å². The molecule has 0 radical (unpaired) electrons. The van der Waals surface area contributed by atoms with Crippen LogP contribution in [-0.4, -0.2) is 17.1 Å². The second-order valence-corrected chi connectivity index (χ2v) is 5.94. The molecule has 1 aromatic carbocycles. The average Bonchev–Trinajstić information content (AvgIpc) is 3.21. The Morgan fingerprint density at radius 1 is 1.21 bits per heavy atom. The minimum Gasteiger partial charge on any atom is -0.451 e. The first-order chi connectivity index (χ1) is 11.7. The van der Waals surface area contributed by atoms with E-state index >= 15 is 0 Å². The van der Waals surface area contributed by atoms with Gasteiger partial charge in [-0.05, 0) is 30.7 Å². The molecule has 4 rings (SSSR count). The van der Waals surface area contributed by atoms with Crippen LogP contribution in [-0.2, 0) is 0 Å². The summed E-state index contributed by atoms with van der Waals surface area (Å²) in [6.45, 7) is 1.90. The van der Waals surface area contributed by atoms with E-state index in [4.69, 9.17) is 4.42 Å². The Balaban J connectivity index is 1.47. The van der Waals surface area contributed by atoms with E-state index in [1.807, 2.05) is 43.3 Å². The fourth-order valence-electron chi connectivity index (χ4n) is 3.08. The fraction of sp³-hybridized carbons (Fsp3) is 0.222. The molecule has 1 aliphatic heterocycles. The van der Waals surface area contributed by atoms with Crippen LogP contribution in [0.2, 0.25) is 0 Å². The van der Waals surface area contributed by atoms with Crippen LogP contribution >= 0.6 is 0 Å². The molecule has 6 nitrogen and oxygen atoms in total. The van der Waals surface area contributed by atoms with Crippen molar-refractivity contribution in [1.29, 1.82) is 0 Å². The summed E-state index contributed by atoms with van der Waals surface area (Å²) in [4.78, 5) is 16.6. The van der Waals surface area contributed by atoms with Crippen molar-refractivity contribution in [2.45, 2.75) is 25.6 Å². The summed E-state index contributed by atoms with van der Waals surface area (Å²) in [7, 11) is 0. The Hall–Kier alpha value is -2.70. The average molecular weight is 322 g/mol. The predicted molar refractivity (Wildman–Crippen MR) is 90.1 cm³/mol. The molecule has 6 heteroatoms. The Kier molecular flexibility index (Phi) is 3.76. The van der Waals surface area contributed by atoms with Gasteiger partial charge in [0.25, 0.3) is 5.91 Å². The van der Waals surface area contributed by atoms with E-state index in [-0.39, 0.29) is 18.1 Å². The third-order valence-corrected chi connectivity index (χ3v) is 4.37. The number of amides is 1. The van der Waals surface area contributed by atoms with Crippen molar-refractivity contribution < 1.29 is 9.21 Å². The second-order valence-electron chi connectivity index (χ2n) is 5.94. The third-order valence-electron chi connectivity index (χ3n) is 4.37. The summed E-state index contributed by atoms with van der Waals surface area (Å²) in [6.07, 6.45) is 4.11. The summed E-state index contributed by atoms with van der Waals surface area (Å²) in [6, 6.07) is 11.7. The number of fused-ring (bicyclic) bond motifs is 1. The van der Waals surface area contributed by atoms with Crippen molar-refractivity contribution in [3.05, 3.63) is 65.7 Å². The molecule has 0 bridgehead atoms. The molecule has 0 spiro atoms. The number of nitrogens with one attached hydrogen (secondary N) is 3. The van der Waals surface area contributed by atoms with E-state index in [1.165, 1.54) is 0 Å². The zero-order valence-electron chi connectivity index (χ0n) is 13.2. The molecule has 2 aromatic heterocycles. The summed E-state index contributed by atoms with van der Waals surface area (Å²) in [5.41, 5.74) is 9.04. The lowest BCUT2D eigenvalue weighted by Crippen LogP contribution is -2.44. The third kappa shape index (κ3) is 2.66. The summed E-state index contributed by atoms with van der Waals surface area (Å²) in [5, 5.41) is 3.94. The number of hydrogen-bond donors (Lipinski definition) is 3. The maximum absolute atomic E-state index is 12.6. The number of aromatic nitrogens is 1. The zero-order chi connectivity index (χ0) is 16.5. The maximum Gasteiger partial charge on any atom is 0.288 e. The van der Waals surface area contributed by atoms with E-state index in [2.05, 4.69) is 21.2 Å². The van der Waals surface area contributed by atoms with Crippen molar-refractivity contribution in [3.8, 4) is 0 Å². The van der Waals surface area contributed by atoms with Crippen LogP contribution in [0.4, 0.5) is 0 Å². The SMILES string of the molecule is Cc1c(C(=O)NC2CC(c3ccncc3)NN2)oc2ccccc12. The van der Waals surface area contributed by atoms with Crippen LogP contribution in [0.5, 0.6) is 0 Å². The van der Waals surface area contributed by atoms with Gasteiger partial charge in [0.2, 0.25) is 0 Å². The van der Waals surface area contributed by atoms with Gasteiger partial charge in [-0.15, -0.1) is 0 Å². The van der Waals surface area contributed by atoms with Crippen molar-refractivity contribution in [2.24, 2.45) is 0 Å². The molecule has 1 amide bonds. The summed E-state index contributed by atoms with van der Waals surface area (Å²) >= 11 is 0. The zero-order valence-corrected chi connectivity index (χ0v) is 13.2. The number of carbonyl (C=O) groups excluding carboxylic acids is 1. The van der Waals surface area contributed by atoms with E-state index in [9.17, 15) is 4.79 Å². The molecular weight excluding hydrogens is 304 g/mol. The first-order valence-electron chi connectivity index (χ1n) is 7.92. The smallest absolute Gasteiger partial charge is 0.288 e. The largest absolute Gasteiger partial charge is 0.451 e. The number of para-hydroxylation sites is 1. The van der Waals surface area contributed by atoms with E-state index in [0.717, 1.165) is 28.5 Å². The van der Waals surface area contributed by atoms with E-state index in [0.29, 0.717) is 5.76 Å². The Labute approximate surface area is 139 Å². The number of rotatable bonds is 3. The monoisotopic (exact) mass is 322 g/mol. The van der Waals surface area contributed by atoms with Gasteiger partial charge in [-0.3, -0.25) is 9.78 Å². The second kappa shape index (κ2) is 6.07. The van der Waals surface area contributed by atoms with Gasteiger partial charge in [0.05, 0.1) is 6.17 Å². The number of benzene rings is 1. The quantitative estimate of drug-likeness (QED) is 0.690. The topological polar surface area (TPSA) is 79.2 Å². The van der Waals surface area contributed by atoms with Crippen molar-refractivity contribution in [2.75, 3.05) is 0 Å². The molecule has 3 aromatic rings. The molecule has 2 unspecified atom stereocenters. The first kappa shape index (κ1) is 14.9. The lowest BCUT2D eigenvalue weighted by Gasteiger charge is -2.11. The van der Waals surface area contributed by atoms with Crippen LogP contribution < -0.4 is 16.2 Å². The Morgan fingerprint density at radius 2 is 2.00 bits per heavy atom. The van der Waals surface area contributed by atoms with Gasteiger partial charge in [-0.25, -0.2) is 10.9 Å². The highest BCUT2D eigenvalue weighted by Gasteiger charge is 2.28. The molecule has 24 heavy (non-hydrogen) atoms. The molecule has 1 aliphatic rings. The Morgan fingerprint density at radius 3 is 2.79 bits per heavy atom. The Bertz CT molecular complexity index is 875. The van der Waals surface area contributed by atoms with E-state index < -0.39 is 0 Å². The first-order valence-corrected chi connectivity index (χ1v) is 7.92. The number of hydrogen-bond acceptors (Lipinski definition) is 5. The minimum absolute atomic E-state index is 0.134. The number of pyridine rings is 1. The van der Waals surface area contributed by atoms with Crippen LogP contribution in [0.1, 0.15) is 34.1 Å². The van der Waals surface area contributed by atoms with Gasteiger partial charge in [0, 0.05) is 35.8 Å². The number of nitrogens with zero attached hydrogens (tertiary/aromatic N) is 1. The van der Waals surface area contributed by atoms with Crippen LogP contribution in [0.3, 0.4) is 0 Å². The van der Waals surface area contributed by atoms with Crippen molar-refractivity contribution in [1.82, 2.24) is 21.2 Å². The van der Waals surface area contributed by atoms with Crippen molar-refractivity contribution in [3.63, 3.8) is 0 Å². The maximum atomic E-state index is 12.6. The highest BCUT2D eigenvalue weighted by Crippen LogP contribution is 2.25. The lowest BCUT2D eigenvalue weighted by molar-refractivity contribution is 0.0905. The van der Waals surface area contributed by atoms with Gasteiger partial charge in [0.1, 0.15) is 5.58 Å². The minimum atomic E-state index is -0.210. The summed E-state index contributed by atoms with van der Waals surface area (Å²) < 4.78 is 5.71. The molecule has 122 valence electrons. The van der Waals surface area contributed by atoms with Gasteiger partial charge < -0.3 is 9.73 Å². The fourth-order valence-corrected chi connectivity index (χ4v) is 3.08. The number of carbonyl (C=O) groups is 1. The lowest BCUT2D eigenvalue weighted by atomic mass is 10.1. The molecule has 3 heterocycles. The standard InChI is InChI=1S/C18H18N4O2/c1-11-13-4-2-3-5-15(13)24-17(11)18(23)20-16-10-14(21-22-16)12-6-8-19-9-7-12/h2-9,14,16,21-22H,10H2,1H3,(H,20,23). The van der Waals surface area contributed by atoms with Crippen LogP contribution in [0, 0.1) is 6.92 Å². The van der Waals surface area contributed by atoms with Crippen molar-refractivity contribution >= 4 is 16.9 Å². The molecule has 0 saturated carbocycles. The number of aryl methyl sites for hydroxylation is 1. The normalized spacial score (nSPS) is 20.4. The van der Waals surface area contributed by atoms with Gasteiger partial charge >= 0.3 is 0 Å². The van der Waals surface area contributed by atoms with Gasteiger partial charge in [-0.2, -0.15) is 0 Å². The molecule has 1 fully saturated rings. The van der Waals surface area contributed by atoms with Crippen LogP contribution in [0.25, 0.3) is 11.0 Å². The van der Waals surface area contributed by atoms with Gasteiger partial charge in [0.15, 0.2) is 5.76 Å². The predicted octanol–water partition coefficient (Wildman–Crippen LogP) is 2.43. The van der Waals surface area contributed by atoms with E-state index in [1.54, 1.807) is 12.4 Å². The highest BCUT2D eigenvalue weighted by molar-refractivity contribution is 5.99. The molecule has 3 N–H and O–H groups in total. The van der Waals surface area contributed by atoms with Gasteiger partial charge in [-0.1, -0.05) is 18.2 Å². The molecule has 0 aliphatic carbocycles.